The summed E-state index contributed by atoms with van der Waals surface area (Å²) < 4.78 is 1.31. The molecule has 4 nitrogen and oxygen atoms in total. The Bertz CT molecular complexity index is 1100. The van der Waals surface area contributed by atoms with Crippen molar-refractivity contribution in [1.82, 2.24) is 9.55 Å². The molecule has 0 unspecified atom stereocenters. The number of rotatable bonds is 3. The van der Waals surface area contributed by atoms with Gasteiger partial charge in [0, 0.05) is 6.42 Å². The molecule has 0 amide bonds. The van der Waals surface area contributed by atoms with E-state index in [9.17, 15) is 9.90 Å². The molecule has 0 aliphatic rings. The molecule has 4 aromatic rings. The Morgan fingerprint density at radius 3 is 2.48 bits per heavy atom. The van der Waals surface area contributed by atoms with Crippen molar-refractivity contribution in [2.24, 2.45) is 0 Å². The number of imidazole rings is 1. The van der Waals surface area contributed by atoms with Crippen molar-refractivity contribution in [3.63, 3.8) is 0 Å². The first kappa shape index (κ1) is 15.3. The zero-order valence-corrected chi connectivity index (χ0v) is 13.9. The number of hydrogen-bond donors (Lipinski definition) is 2. The first-order chi connectivity index (χ1) is 12.1. The third-order valence-corrected chi connectivity index (χ3v) is 4.48. The first-order valence-corrected chi connectivity index (χ1v) is 8.20. The summed E-state index contributed by atoms with van der Waals surface area (Å²) in [6, 6.07) is 21.6. The average Bonchev–Trinajstić information content (AvgIpc) is 2.90. The molecule has 0 saturated carbocycles. The van der Waals surface area contributed by atoms with E-state index in [-0.39, 0.29) is 11.6 Å². The van der Waals surface area contributed by atoms with E-state index in [1.807, 2.05) is 55.5 Å². The molecular formula is C21H18N2O2. The molecule has 4 heteroatoms. The molecule has 0 atom stereocenters. The predicted molar refractivity (Wildman–Crippen MR) is 99.5 cm³/mol. The molecule has 0 bridgehead atoms. The van der Waals surface area contributed by atoms with Crippen molar-refractivity contribution in [2.45, 2.75) is 13.3 Å². The van der Waals surface area contributed by atoms with Gasteiger partial charge in [0.1, 0.15) is 0 Å². The van der Waals surface area contributed by atoms with Crippen molar-refractivity contribution in [3.05, 3.63) is 94.0 Å². The lowest BCUT2D eigenvalue weighted by Gasteiger charge is -2.07. The van der Waals surface area contributed by atoms with Crippen LogP contribution in [0.25, 0.3) is 16.5 Å². The van der Waals surface area contributed by atoms with Crippen LogP contribution in [0.3, 0.4) is 0 Å². The second kappa shape index (κ2) is 5.98. The van der Waals surface area contributed by atoms with Gasteiger partial charge in [-0.25, -0.2) is 9.36 Å². The van der Waals surface area contributed by atoms with Crippen LogP contribution in [0.5, 0.6) is 5.88 Å². The van der Waals surface area contributed by atoms with Crippen molar-refractivity contribution < 1.29 is 5.11 Å². The molecule has 124 valence electrons. The molecular weight excluding hydrogens is 312 g/mol. The lowest BCUT2D eigenvalue weighted by molar-refractivity contribution is 0.435. The second-order valence-corrected chi connectivity index (χ2v) is 6.22. The Morgan fingerprint density at radius 2 is 1.68 bits per heavy atom. The smallest absolute Gasteiger partial charge is 0.333 e. The van der Waals surface area contributed by atoms with Crippen molar-refractivity contribution in [2.75, 3.05) is 0 Å². The van der Waals surface area contributed by atoms with Gasteiger partial charge in [-0.2, -0.15) is 0 Å². The van der Waals surface area contributed by atoms with E-state index >= 15 is 0 Å². The van der Waals surface area contributed by atoms with E-state index in [0.29, 0.717) is 17.8 Å². The molecule has 25 heavy (non-hydrogen) atoms. The number of hydrogen-bond acceptors (Lipinski definition) is 2. The van der Waals surface area contributed by atoms with Crippen molar-refractivity contribution >= 4 is 10.8 Å². The maximum Gasteiger partial charge on any atom is 0.333 e. The van der Waals surface area contributed by atoms with Crippen LogP contribution < -0.4 is 5.69 Å². The number of nitrogens with one attached hydrogen (secondary N) is 1. The fourth-order valence-electron chi connectivity index (χ4n) is 3.17. The quantitative estimate of drug-likeness (QED) is 0.598. The fourth-order valence-corrected chi connectivity index (χ4v) is 3.17. The number of aromatic amines is 1. The van der Waals surface area contributed by atoms with E-state index in [2.05, 4.69) is 23.2 Å². The van der Waals surface area contributed by atoms with Crippen LogP contribution in [-0.4, -0.2) is 14.7 Å². The SMILES string of the molecule is Cc1ccc(-n2c(O)c(Cc3cccc4ccccc34)[nH]c2=O)cc1. The lowest BCUT2D eigenvalue weighted by Crippen LogP contribution is -2.14. The van der Waals surface area contributed by atoms with Crippen molar-refractivity contribution in [3.8, 4) is 11.6 Å². The minimum Gasteiger partial charge on any atom is -0.493 e. The molecule has 1 heterocycles. The predicted octanol–water partition coefficient (Wildman–Crippen LogP) is 3.92. The molecule has 1 aromatic heterocycles. The Balaban J connectivity index is 1.78. The van der Waals surface area contributed by atoms with Gasteiger partial charge in [-0.15, -0.1) is 0 Å². The third kappa shape index (κ3) is 2.72. The van der Waals surface area contributed by atoms with Gasteiger partial charge >= 0.3 is 5.69 Å². The van der Waals surface area contributed by atoms with Crippen LogP contribution in [0.1, 0.15) is 16.8 Å². The van der Waals surface area contributed by atoms with Crippen LogP contribution in [-0.2, 0) is 6.42 Å². The average molecular weight is 330 g/mol. The highest BCUT2D eigenvalue weighted by molar-refractivity contribution is 5.85. The summed E-state index contributed by atoms with van der Waals surface area (Å²) in [6.07, 6.45) is 0.460. The van der Waals surface area contributed by atoms with Gasteiger partial charge in [0.05, 0.1) is 11.4 Å². The summed E-state index contributed by atoms with van der Waals surface area (Å²) in [5, 5.41) is 12.9. The Hall–Kier alpha value is -3.27. The molecule has 0 spiro atoms. The summed E-state index contributed by atoms with van der Waals surface area (Å²) >= 11 is 0. The van der Waals surface area contributed by atoms with Crippen LogP contribution in [0.2, 0.25) is 0 Å². The van der Waals surface area contributed by atoms with E-state index in [4.69, 9.17) is 0 Å². The van der Waals surface area contributed by atoms with E-state index in [1.165, 1.54) is 4.57 Å². The lowest BCUT2D eigenvalue weighted by atomic mass is 10.0. The number of aryl methyl sites for hydroxylation is 1. The monoisotopic (exact) mass is 330 g/mol. The van der Waals surface area contributed by atoms with Gasteiger partial charge in [0.25, 0.3) is 0 Å². The number of benzene rings is 3. The fraction of sp³-hybridized carbons (Fsp3) is 0.0952. The molecule has 0 aliphatic carbocycles. The van der Waals surface area contributed by atoms with E-state index < -0.39 is 0 Å². The highest BCUT2D eigenvalue weighted by Gasteiger charge is 2.15. The van der Waals surface area contributed by atoms with Gasteiger partial charge in [0.15, 0.2) is 0 Å². The number of nitrogens with zero attached hydrogens (tertiary/aromatic N) is 1. The summed E-state index contributed by atoms with van der Waals surface area (Å²) in [4.78, 5) is 15.1. The minimum atomic E-state index is -0.336. The topological polar surface area (TPSA) is 58.0 Å². The molecule has 3 aromatic carbocycles. The molecule has 0 fully saturated rings. The Labute approximate surface area is 145 Å². The summed E-state index contributed by atoms with van der Waals surface area (Å²) in [6.45, 7) is 1.98. The maximum absolute atomic E-state index is 12.3. The molecule has 4 rings (SSSR count). The summed E-state index contributed by atoms with van der Waals surface area (Å²) in [5.41, 5.74) is 2.99. The van der Waals surface area contributed by atoms with Gasteiger partial charge in [0.2, 0.25) is 5.88 Å². The largest absolute Gasteiger partial charge is 0.493 e. The second-order valence-electron chi connectivity index (χ2n) is 6.22. The summed E-state index contributed by atoms with van der Waals surface area (Å²) in [5.74, 6) is -0.0400. The van der Waals surface area contributed by atoms with Crippen LogP contribution in [0, 0.1) is 6.92 Å². The first-order valence-electron chi connectivity index (χ1n) is 8.20. The zero-order valence-electron chi connectivity index (χ0n) is 13.9. The highest BCUT2D eigenvalue weighted by Crippen LogP contribution is 2.25. The van der Waals surface area contributed by atoms with Gasteiger partial charge in [-0.3, -0.25) is 0 Å². The number of aromatic nitrogens is 2. The normalized spacial score (nSPS) is 11.1. The van der Waals surface area contributed by atoms with Gasteiger partial charge < -0.3 is 10.1 Å². The number of fused-ring (bicyclic) bond motifs is 1. The van der Waals surface area contributed by atoms with E-state index in [0.717, 1.165) is 21.9 Å². The van der Waals surface area contributed by atoms with Crippen molar-refractivity contribution in [1.29, 1.82) is 0 Å². The Morgan fingerprint density at radius 1 is 0.960 bits per heavy atom. The van der Waals surface area contributed by atoms with Crippen LogP contribution >= 0.6 is 0 Å². The molecule has 0 aliphatic heterocycles. The molecule has 2 N–H and O–H groups in total. The van der Waals surface area contributed by atoms with Crippen LogP contribution in [0.4, 0.5) is 0 Å². The third-order valence-electron chi connectivity index (χ3n) is 4.48. The zero-order chi connectivity index (χ0) is 17.4. The Kier molecular flexibility index (Phi) is 3.65. The maximum atomic E-state index is 12.3. The van der Waals surface area contributed by atoms with E-state index in [1.54, 1.807) is 0 Å². The van der Waals surface area contributed by atoms with Crippen LogP contribution in [0.15, 0.2) is 71.5 Å². The summed E-state index contributed by atoms with van der Waals surface area (Å²) in [7, 11) is 0. The minimum absolute atomic E-state index is 0.0400. The van der Waals surface area contributed by atoms with Gasteiger partial charge in [-0.1, -0.05) is 60.2 Å². The molecule has 0 saturated heterocycles. The highest BCUT2D eigenvalue weighted by atomic mass is 16.3. The number of H-pyrrole nitrogens is 1. The number of aromatic hydroxyl groups is 1. The standard InChI is InChI=1S/C21H18N2O2/c1-14-9-11-17(12-10-14)23-20(24)19(22-21(23)25)13-16-7-4-6-15-5-2-3-8-18(15)16/h2-12,24H,13H2,1H3,(H,22,25). The molecule has 0 radical (unpaired) electrons. The van der Waals surface area contributed by atoms with Gasteiger partial charge in [-0.05, 0) is 35.4 Å².